The van der Waals surface area contributed by atoms with Crippen molar-refractivity contribution < 1.29 is 37.0 Å². The van der Waals surface area contributed by atoms with Crippen LogP contribution in [0, 0.1) is 36.4 Å². The molecule has 3 heterocycles. The number of phenols is 1. The van der Waals surface area contributed by atoms with E-state index in [1.54, 1.807) is 41.0 Å². The lowest BCUT2D eigenvalue weighted by Crippen LogP contribution is -2.17. The first-order chi connectivity index (χ1) is 25.4. The van der Waals surface area contributed by atoms with Crippen LogP contribution in [0.25, 0.3) is 32.2 Å². The highest BCUT2D eigenvalue weighted by atomic mass is 79.9. The molecule has 268 valence electrons. The van der Waals surface area contributed by atoms with Crippen LogP contribution in [0.15, 0.2) is 77.6 Å². The number of hydrogen-bond acceptors (Lipinski definition) is 9. The number of ether oxygens (including phenoxy) is 1. The molecule has 3 aromatic heterocycles. The van der Waals surface area contributed by atoms with Crippen molar-refractivity contribution in [3.8, 4) is 34.1 Å². The molecule has 0 aliphatic heterocycles. The number of aromatic nitrogens is 3. The zero-order valence-corrected chi connectivity index (χ0v) is 29.9. The number of carbonyl (C=O) groups is 2. The van der Waals surface area contributed by atoms with E-state index < -0.39 is 57.8 Å². The van der Waals surface area contributed by atoms with Crippen molar-refractivity contribution in [2.24, 2.45) is 11.5 Å². The molecule has 0 atom stereocenters. The Hall–Kier alpha value is -6.21. The van der Waals surface area contributed by atoms with Gasteiger partial charge in [-0.3, -0.25) is 9.59 Å². The Kier molecular flexibility index (Phi) is 13.7. The van der Waals surface area contributed by atoms with Crippen LogP contribution in [0.2, 0.25) is 0 Å². The highest BCUT2D eigenvalue weighted by molar-refractivity contribution is 9.08. The number of nitrogens with zero attached hydrogens (tertiary/aromatic N) is 5. The standard InChI is InChI=1S/C17H10F2N4O2S.C11H7BrN2S.C7H5F2NO2/c1-21-10-4-2-9(3-5-10)12-8-26-13(23-12)7-25-17-15(19)14(16(20)24)11(18)6-22-17;1-13-9-4-2-8(3-5-9)10-7-15-11(6-12)14-10;8-3-1-2-4(11)6(9)5(3)7(10)12/h2-6,8H,7H2,(H2,20,24);2-5,7H,6H2;1-2,11H,(H2,10,12). The molecule has 0 spiro atoms. The van der Waals surface area contributed by atoms with Crippen LogP contribution in [0.3, 0.4) is 0 Å². The SMILES string of the molecule is NC(=O)c1c(F)ccc(O)c1F.[C-]#[N+]c1ccc(-c2csc(CBr)n2)cc1.[C-]#[N+]c1ccc(-c2csc(COc3ncc(F)c(C(N)=O)c3F)n2)cc1. The van der Waals surface area contributed by atoms with Gasteiger partial charge in [-0.2, -0.15) is 0 Å². The molecule has 18 heteroatoms. The molecule has 0 bridgehead atoms. The van der Waals surface area contributed by atoms with Crippen LogP contribution in [0.5, 0.6) is 11.6 Å². The Morgan fingerprint density at radius 1 is 0.755 bits per heavy atom. The zero-order chi connectivity index (χ0) is 38.7. The quantitative estimate of drug-likeness (QED) is 0.0785. The number of carbonyl (C=O) groups excluding carboxylic acids is 2. The summed E-state index contributed by atoms with van der Waals surface area (Å²) in [6.45, 7) is 13.7. The second kappa shape index (κ2) is 18.3. The number of hydrogen-bond donors (Lipinski definition) is 3. The van der Waals surface area contributed by atoms with Gasteiger partial charge in [-0.1, -0.05) is 64.5 Å². The van der Waals surface area contributed by atoms with E-state index in [0.29, 0.717) is 28.3 Å². The molecule has 0 aliphatic carbocycles. The predicted molar refractivity (Wildman–Crippen MR) is 194 cm³/mol. The number of nitrogens with two attached hydrogens (primary N) is 2. The van der Waals surface area contributed by atoms with Gasteiger partial charge in [0.1, 0.15) is 33.6 Å². The van der Waals surface area contributed by atoms with Crippen LogP contribution in [-0.2, 0) is 11.9 Å². The molecule has 0 saturated carbocycles. The lowest BCUT2D eigenvalue weighted by Gasteiger charge is -2.07. The number of primary amides is 2. The lowest BCUT2D eigenvalue weighted by atomic mass is 10.1. The Morgan fingerprint density at radius 3 is 1.70 bits per heavy atom. The summed E-state index contributed by atoms with van der Waals surface area (Å²) in [6, 6.07) is 16.0. The van der Waals surface area contributed by atoms with Crippen LogP contribution in [0.1, 0.15) is 30.7 Å². The maximum absolute atomic E-state index is 14.1. The van der Waals surface area contributed by atoms with Crippen LogP contribution < -0.4 is 16.2 Å². The van der Waals surface area contributed by atoms with Crippen molar-refractivity contribution >= 4 is 61.8 Å². The zero-order valence-electron chi connectivity index (χ0n) is 26.7. The van der Waals surface area contributed by atoms with Crippen molar-refractivity contribution in [3.63, 3.8) is 0 Å². The Morgan fingerprint density at radius 2 is 1.25 bits per heavy atom. The van der Waals surface area contributed by atoms with Gasteiger partial charge in [0.05, 0.1) is 36.1 Å². The number of amides is 2. The highest BCUT2D eigenvalue weighted by Gasteiger charge is 2.21. The lowest BCUT2D eigenvalue weighted by molar-refractivity contribution is 0.0982. The van der Waals surface area contributed by atoms with E-state index in [-0.39, 0.29) is 6.61 Å². The molecule has 5 N–H and O–H groups in total. The van der Waals surface area contributed by atoms with Gasteiger partial charge in [0.15, 0.2) is 28.8 Å². The van der Waals surface area contributed by atoms with E-state index in [2.05, 4.69) is 46.3 Å². The normalized spacial score (nSPS) is 10.1. The number of aromatic hydroxyl groups is 1. The van der Waals surface area contributed by atoms with E-state index >= 15 is 0 Å². The number of pyridine rings is 1. The molecule has 0 radical (unpaired) electrons. The summed E-state index contributed by atoms with van der Waals surface area (Å²) < 4.78 is 58.0. The molecule has 0 fully saturated rings. The fourth-order valence-corrected chi connectivity index (χ4v) is 5.99. The van der Waals surface area contributed by atoms with Gasteiger partial charge in [0.25, 0.3) is 17.7 Å². The molecule has 6 rings (SSSR count). The van der Waals surface area contributed by atoms with Crippen LogP contribution in [-0.4, -0.2) is 31.9 Å². The van der Waals surface area contributed by atoms with Crippen LogP contribution >= 0.6 is 38.6 Å². The predicted octanol–water partition coefficient (Wildman–Crippen LogP) is 8.74. The molecular formula is C35H22BrF4N7O4S2. The summed E-state index contributed by atoms with van der Waals surface area (Å²) in [7, 11) is 0. The van der Waals surface area contributed by atoms with E-state index in [1.807, 2.05) is 29.6 Å². The first-order valence-electron chi connectivity index (χ1n) is 14.5. The number of rotatable bonds is 8. The van der Waals surface area contributed by atoms with E-state index in [1.165, 1.54) is 11.3 Å². The first kappa shape index (κ1) is 39.6. The minimum atomic E-state index is -1.33. The molecule has 2 amide bonds. The van der Waals surface area contributed by atoms with Gasteiger partial charge in [-0.05, 0) is 23.3 Å². The average Bonchev–Trinajstić information content (AvgIpc) is 3.84. The fourth-order valence-electron chi connectivity index (χ4n) is 4.10. The number of halogens is 5. The van der Waals surface area contributed by atoms with E-state index in [9.17, 15) is 27.2 Å². The third-order valence-electron chi connectivity index (χ3n) is 6.64. The molecule has 6 aromatic rings. The minimum Gasteiger partial charge on any atom is -0.505 e. The van der Waals surface area contributed by atoms with Gasteiger partial charge in [0, 0.05) is 10.8 Å². The topological polar surface area (TPSA) is 163 Å². The number of phenolic OH excluding ortho intramolecular Hbond substituents is 1. The largest absolute Gasteiger partial charge is 0.505 e. The Labute approximate surface area is 315 Å². The molecular weight excluding hydrogens is 802 g/mol. The number of alkyl halides is 1. The van der Waals surface area contributed by atoms with Crippen molar-refractivity contribution in [2.75, 3.05) is 0 Å². The summed E-state index contributed by atoms with van der Waals surface area (Å²) in [4.78, 5) is 40.5. The summed E-state index contributed by atoms with van der Waals surface area (Å²) in [5, 5.41) is 14.9. The average molecular weight is 825 g/mol. The van der Waals surface area contributed by atoms with E-state index in [0.717, 1.165) is 39.3 Å². The van der Waals surface area contributed by atoms with Gasteiger partial charge in [-0.15, -0.1) is 22.7 Å². The minimum absolute atomic E-state index is 0.113. The molecule has 0 unspecified atom stereocenters. The van der Waals surface area contributed by atoms with Gasteiger partial charge < -0.3 is 21.3 Å². The maximum atomic E-state index is 14.1. The summed E-state index contributed by atoms with van der Waals surface area (Å²) in [6.07, 6.45) is 0.671. The first-order valence-corrected chi connectivity index (χ1v) is 17.4. The maximum Gasteiger partial charge on any atom is 0.254 e. The number of benzene rings is 3. The summed E-state index contributed by atoms with van der Waals surface area (Å²) in [5.41, 5.74) is 12.5. The molecule has 0 saturated heterocycles. The van der Waals surface area contributed by atoms with Crippen molar-refractivity contribution in [3.05, 3.63) is 145 Å². The van der Waals surface area contributed by atoms with Gasteiger partial charge in [-0.25, -0.2) is 42.2 Å². The summed E-state index contributed by atoms with van der Waals surface area (Å²) >= 11 is 6.29. The second-order valence-electron chi connectivity index (χ2n) is 10.1. The van der Waals surface area contributed by atoms with Gasteiger partial charge in [0.2, 0.25) is 5.82 Å². The summed E-state index contributed by atoms with van der Waals surface area (Å²) in [5.74, 6) is -8.64. The third-order valence-corrected chi connectivity index (χ3v) is 9.21. The highest BCUT2D eigenvalue weighted by Crippen LogP contribution is 2.27. The molecule has 3 aromatic carbocycles. The second-order valence-corrected chi connectivity index (χ2v) is 12.5. The van der Waals surface area contributed by atoms with E-state index in [4.69, 9.17) is 28.7 Å². The fraction of sp³-hybridized carbons (Fsp3) is 0.0571. The molecule has 11 nitrogen and oxygen atoms in total. The van der Waals surface area contributed by atoms with Crippen molar-refractivity contribution in [1.82, 2.24) is 15.0 Å². The molecule has 53 heavy (non-hydrogen) atoms. The number of thiazole rings is 2. The molecule has 0 aliphatic rings. The van der Waals surface area contributed by atoms with Gasteiger partial charge >= 0.3 is 0 Å². The van der Waals surface area contributed by atoms with Crippen molar-refractivity contribution in [1.29, 1.82) is 0 Å². The monoisotopic (exact) mass is 823 g/mol. The van der Waals surface area contributed by atoms with Crippen molar-refractivity contribution in [2.45, 2.75) is 11.9 Å². The van der Waals surface area contributed by atoms with Crippen LogP contribution in [0.4, 0.5) is 28.9 Å². The Bertz CT molecular complexity index is 2340. The smallest absolute Gasteiger partial charge is 0.254 e. The third kappa shape index (κ3) is 10.2. The Balaban J connectivity index is 0.000000196.